The molecule has 0 aromatic heterocycles. The fraction of sp³-hybridized carbons (Fsp3) is 0.455. The van der Waals surface area contributed by atoms with Crippen LogP contribution in [0.25, 0.3) is 0 Å². The van der Waals surface area contributed by atoms with Crippen molar-refractivity contribution in [3.8, 4) is 11.5 Å². The van der Waals surface area contributed by atoms with Gasteiger partial charge in [0.25, 0.3) is 0 Å². The van der Waals surface area contributed by atoms with Crippen molar-refractivity contribution in [3.05, 3.63) is 18.2 Å². The molecule has 1 aromatic rings. The molecule has 0 saturated heterocycles. The second-order valence-electron chi connectivity index (χ2n) is 4.37. The van der Waals surface area contributed by atoms with E-state index in [0.29, 0.717) is 13.2 Å². The molecule has 0 radical (unpaired) electrons. The van der Waals surface area contributed by atoms with Crippen LogP contribution in [-0.4, -0.2) is 13.2 Å². The molecule has 0 N–H and O–H groups in total. The summed E-state index contributed by atoms with van der Waals surface area (Å²) in [6.45, 7) is 5.62. The Morgan fingerprint density at radius 2 is 1.79 bits per heavy atom. The zero-order valence-corrected chi connectivity index (χ0v) is 9.30. The van der Waals surface area contributed by atoms with Gasteiger partial charge in [-0.25, -0.2) is 0 Å². The lowest BCUT2D eigenvalue weighted by molar-refractivity contribution is 0.140. The van der Waals surface area contributed by atoms with Crippen molar-refractivity contribution < 1.29 is 9.47 Å². The number of ether oxygens (including phenoxy) is 2. The van der Waals surface area contributed by atoms with Gasteiger partial charge in [0.05, 0.1) is 13.2 Å². The second-order valence-corrected chi connectivity index (χ2v) is 4.89. The van der Waals surface area contributed by atoms with Crippen molar-refractivity contribution in [2.24, 2.45) is 5.41 Å². The molecule has 0 unspecified atom stereocenters. The molecule has 0 fully saturated rings. The zero-order chi connectivity index (χ0) is 10.2. The fourth-order valence-corrected chi connectivity index (χ4v) is 1.51. The summed E-state index contributed by atoms with van der Waals surface area (Å²) in [7, 11) is 0. The van der Waals surface area contributed by atoms with Crippen LogP contribution in [0.5, 0.6) is 11.5 Å². The molecule has 3 heteroatoms. The highest BCUT2D eigenvalue weighted by molar-refractivity contribution is 7.80. The topological polar surface area (TPSA) is 18.5 Å². The molecule has 0 saturated carbocycles. The van der Waals surface area contributed by atoms with Gasteiger partial charge in [-0.05, 0) is 18.2 Å². The van der Waals surface area contributed by atoms with Crippen LogP contribution in [0.2, 0.25) is 0 Å². The highest BCUT2D eigenvalue weighted by Crippen LogP contribution is 2.34. The Hall–Kier alpha value is -0.830. The van der Waals surface area contributed by atoms with Crippen molar-refractivity contribution in [2.45, 2.75) is 18.7 Å². The standard InChI is InChI=1S/C11H14O2S/c1-11(2)6-12-9-4-3-8(14)5-10(9)13-7-11/h3-5,14H,6-7H2,1-2H3. The first-order valence-electron chi connectivity index (χ1n) is 4.65. The van der Waals surface area contributed by atoms with Crippen molar-refractivity contribution in [1.29, 1.82) is 0 Å². The molecule has 2 nitrogen and oxygen atoms in total. The Morgan fingerprint density at radius 1 is 1.14 bits per heavy atom. The lowest BCUT2D eigenvalue weighted by Gasteiger charge is -2.19. The minimum absolute atomic E-state index is 0.0653. The van der Waals surface area contributed by atoms with Gasteiger partial charge < -0.3 is 9.47 Å². The molecular weight excluding hydrogens is 196 g/mol. The van der Waals surface area contributed by atoms with E-state index >= 15 is 0 Å². The first-order valence-corrected chi connectivity index (χ1v) is 5.10. The molecule has 0 bridgehead atoms. The summed E-state index contributed by atoms with van der Waals surface area (Å²) in [5.41, 5.74) is 0.0653. The molecule has 14 heavy (non-hydrogen) atoms. The monoisotopic (exact) mass is 210 g/mol. The quantitative estimate of drug-likeness (QED) is 0.664. The summed E-state index contributed by atoms with van der Waals surface area (Å²) < 4.78 is 11.3. The van der Waals surface area contributed by atoms with Crippen LogP contribution >= 0.6 is 12.6 Å². The summed E-state index contributed by atoms with van der Waals surface area (Å²) >= 11 is 4.26. The first-order chi connectivity index (χ1) is 6.57. The van der Waals surface area contributed by atoms with Crippen LogP contribution in [0, 0.1) is 5.41 Å². The van der Waals surface area contributed by atoms with Gasteiger partial charge in [-0.3, -0.25) is 0 Å². The van der Waals surface area contributed by atoms with E-state index in [-0.39, 0.29) is 5.41 Å². The maximum atomic E-state index is 5.67. The Morgan fingerprint density at radius 3 is 2.50 bits per heavy atom. The number of rotatable bonds is 0. The smallest absolute Gasteiger partial charge is 0.162 e. The van der Waals surface area contributed by atoms with Gasteiger partial charge in [0, 0.05) is 10.3 Å². The van der Waals surface area contributed by atoms with E-state index in [4.69, 9.17) is 9.47 Å². The van der Waals surface area contributed by atoms with Crippen LogP contribution in [0.4, 0.5) is 0 Å². The zero-order valence-electron chi connectivity index (χ0n) is 8.41. The fourth-order valence-electron chi connectivity index (χ4n) is 1.32. The van der Waals surface area contributed by atoms with Crippen LogP contribution in [0.1, 0.15) is 13.8 Å². The average molecular weight is 210 g/mol. The minimum atomic E-state index is 0.0653. The van der Waals surface area contributed by atoms with Crippen molar-refractivity contribution in [3.63, 3.8) is 0 Å². The molecule has 0 atom stereocenters. The highest BCUT2D eigenvalue weighted by atomic mass is 32.1. The van der Waals surface area contributed by atoms with Crippen molar-refractivity contribution in [2.75, 3.05) is 13.2 Å². The summed E-state index contributed by atoms with van der Waals surface area (Å²) in [5.74, 6) is 1.61. The highest BCUT2D eigenvalue weighted by Gasteiger charge is 2.24. The number of fused-ring (bicyclic) bond motifs is 1. The van der Waals surface area contributed by atoms with E-state index in [1.165, 1.54) is 0 Å². The van der Waals surface area contributed by atoms with Crippen LogP contribution in [0.15, 0.2) is 23.1 Å². The van der Waals surface area contributed by atoms with Gasteiger partial charge in [-0.15, -0.1) is 12.6 Å². The third-order valence-corrected chi connectivity index (χ3v) is 2.44. The number of thiol groups is 1. The third kappa shape index (κ3) is 1.98. The first kappa shape index (κ1) is 9.71. The Balaban J connectivity index is 2.30. The van der Waals surface area contributed by atoms with Gasteiger partial charge in [-0.1, -0.05) is 13.8 Å². The molecule has 76 valence electrons. The lowest BCUT2D eigenvalue weighted by Crippen LogP contribution is -2.26. The van der Waals surface area contributed by atoms with Crippen LogP contribution in [0.3, 0.4) is 0 Å². The van der Waals surface area contributed by atoms with Crippen molar-refractivity contribution in [1.82, 2.24) is 0 Å². The maximum Gasteiger partial charge on any atom is 0.162 e. The van der Waals surface area contributed by atoms with E-state index in [2.05, 4.69) is 26.5 Å². The average Bonchev–Trinajstić information content (AvgIpc) is 2.26. The van der Waals surface area contributed by atoms with Crippen LogP contribution < -0.4 is 9.47 Å². The minimum Gasteiger partial charge on any atom is -0.489 e. The molecule has 0 spiro atoms. The summed E-state index contributed by atoms with van der Waals surface area (Å²) in [6.07, 6.45) is 0. The molecule has 0 amide bonds. The normalized spacial score (nSPS) is 18.8. The van der Waals surface area contributed by atoms with Gasteiger partial charge in [0.1, 0.15) is 0 Å². The Labute approximate surface area is 89.6 Å². The van der Waals surface area contributed by atoms with Gasteiger partial charge in [0.15, 0.2) is 11.5 Å². The van der Waals surface area contributed by atoms with Crippen molar-refractivity contribution >= 4 is 12.6 Å². The SMILES string of the molecule is CC1(C)COc2ccc(S)cc2OC1. The Kier molecular flexibility index (Phi) is 2.35. The van der Waals surface area contributed by atoms with E-state index in [1.807, 2.05) is 18.2 Å². The molecular formula is C11H14O2S. The summed E-state index contributed by atoms with van der Waals surface area (Å²) in [6, 6.07) is 5.70. The second kappa shape index (κ2) is 3.39. The Bertz CT molecular complexity index is 347. The predicted octanol–water partition coefficient (Wildman–Crippen LogP) is 2.77. The third-order valence-electron chi connectivity index (χ3n) is 2.16. The van der Waals surface area contributed by atoms with E-state index in [1.54, 1.807) is 0 Å². The predicted molar refractivity (Wildman–Crippen MR) is 58.5 cm³/mol. The number of hydrogen-bond acceptors (Lipinski definition) is 3. The van der Waals surface area contributed by atoms with Gasteiger partial charge in [0.2, 0.25) is 0 Å². The molecule has 1 aliphatic heterocycles. The van der Waals surface area contributed by atoms with E-state index < -0.39 is 0 Å². The molecule has 1 aromatic carbocycles. The van der Waals surface area contributed by atoms with E-state index in [9.17, 15) is 0 Å². The van der Waals surface area contributed by atoms with Crippen LogP contribution in [-0.2, 0) is 0 Å². The van der Waals surface area contributed by atoms with Gasteiger partial charge in [-0.2, -0.15) is 0 Å². The molecule has 2 rings (SSSR count). The molecule has 0 aliphatic carbocycles. The largest absolute Gasteiger partial charge is 0.489 e. The summed E-state index contributed by atoms with van der Waals surface area (Å²) in [4.78, 5) is 0.895. The molecule has 1 aliphatic rings. The summed E-state index contributed by atoms with van der Waals surface area (Å²) in [5, 5.41) is 0. The number of hydrogen-bond donors (Lipinski definition) is 1. The maximum absolute atomic E-state index is 5.67. The lowest BCUT2D eigenvalue weighted by atomic mass is 9.97. The van der Waals surface area contributed by atoms with E-state index in [0.717, 1.165) is 16.4 Å². The number of benzene rings is 1. The van der Waals surface area contributed by atoms with Gasteiger partial charge >= 0.3 is 0 Å². The molecule has 1 heterocycles.